The van der Waals surface area contributed by atoms with E-state index in [1.54, 1.807) is 0 Å². The number of urea groups is 1. The average Bonchev–Trinajstić information content (AvgIpc) is 3.01. The van der Waals surface area contributed by atoms with E-state index >= 15 is 0 Å². The average molecular weight is 289 g/mol. The van der Waals surface area contributed by atoms with Crippen LogP contribution in [0.15, 0.2) is 24.3 Å². The lowest BCUT2D eigenvalue weighted by molar-refractivity contribution is 0.102. The zero-order valence-electron chi connectivity index (χ0n) is 10.9. The molecule has 0 radical (unpaired) electrons. The first kappa shape index (κ1) is 13.1. The molecule has 1 aromatic carbocycles. The van der Waals surface area contributed by atoms with Gasteiger partial charge in [-0.25, -0.2) is 9.18 Å². The number of fused-ring (bicyclic) bond motifs is 1. The molecular weight excluding hydrogens is 277 g/mol. The highest BCUT2D eigenvalue weighted by molar-refractivity contribution is 6.04. The van der Waals surface area contributed by atoms with Crippen LogP contribution in [0.2, 0.25) is 0 Å². The molecule has 1 aromatic heterocycles. The molecule has 0 unspecified atom stereocenters. The molecule has 108 valence electrons. The first-order valence-corrected chi connectivity index (χ1v) is 6.22. The molecule has 21 heavy (non-hydrogen) atoms. The van der Waals surface area contributed by atoms with Crippen LogP contribution < -0.4 is 11.1 Å². The fourth-order valence-corrected chi connectivity index (χ4v) is 2.18. The quantitative estimate of drug-likeness (QED) is 0.773. The topological polar surface area (TPSA) is 104 Å². The second kappa shape index (κ2) is 4.89. The van der Waals surface area contributed by atoms with E-state index in [4.69, 9.17) is 5.73 Å². The standard InChI is InChI=1S/C13H12FN5O2/c14-8-3-1-7(2-4-8)12(20)16-11-9-5-19(13(15)21)6-10(9)17-18-11/h1-4H,5-6H2,(H2,15,21)(H2,16,17,18,20). The van der Waals surface area contributed by atoms with E-state index in [0.29, 0.717) is 24.5 Å². The Kier molecular flexibility index (Phi) is 3.05. The molecule has 2 aromatic rings. The second-order valence-electron chi connectivity index (χ2n) is 4.68. The van der Waals surface area contributed by atoms with Gasteiger partial charge in [-0.2, -0.15) is 5.10 Å². The predicted molar refractivity (Wildman–Crippen MR) is 71.8 cm³/mol. The minimum Gasteiger partial charge on any atom is -0.351 e. The zero-order valence-corrected chi connectivity index (χ0v) is 10.9. The summed E-state index contributed by atoms with van der Waals surface area (Å²) in [5, 5.41) is 9.40. The number of aromatic amines is 1. The number of nitrogens with zero attached hydrogens (tertiary/aromatic N) is 2. The summed E-state index contributed by atoms with van der Waals surface area (Å²) in [6, 6.07) is 4.65. The van der Waals surface area contributed by atoms with Gasteiger partial charge in [-0.1, -0.05) is 0 Å². The van der Waals surface area contributed by atoms with Crippen LogP contribution >= 0.6 is 0 Å². The number of nitrogens with two attached hydrogens (primary N) is 1. The van der Waals surface area contributed by atoms with Crippen LogP contribution in [0.1, 0.15) is 21.6 Å². The van der Waals surface area contributed by atoms with Crippen molar-refractivity contribution in [3.05, 3.63) is 46.9 Å². The minimum absolute atomic E-state index is 0.292. The van der Waals surface area contributed by atoms with Gasteiger partial charge in [0.15, 0.2) is 5.82 Å². The molecular formula is C13H12FN5O2. The van der Waals surface area contributed by atoms with E-state index in [9.17, 15) is 14.0 Å². The predicted octanol–water partition coefficient (Wildman–Crippen LogP) is 1.20. The Morgan fingerprint density at radius 1 is 1.29 bits per heavy atom. The van der Waals surface area contributed by atoms with Gasteiger partial charge < -0.3 is 16.0 Å². The molecule has 4 N–H and O–H groups in total. The monoisotopic (exact) mass is 289 g/mol. The fraction of sp³-hybridized carbons (Fsp3) is 0.154. The highest BCUT2D eigenvalue weighted by atomic mass is 19.1. The van der Waals surface area contributed by atoms with Crippen molar-refractivity contribution in [2.45, 2.75) is 13.1 Å². The summed E-state index contributed by atoms with van der Waals surface area (Å²) >= 11 is 0. The number of aromatic nitrogens is 2. The summed E-state index contributed by atoms with van der Waals surface area (Å²) in [6.07, 6.45) is 0. The van der Waals surface area contributed by atoms with Crippen molar-refractivity contribution < 1.29 is 14.0 Å². The summed E-state index contributed by atoms with van der Waals surface area (Å²) in [4.78, 5) is 24.6. The smallest absolute Gasteiger partial charge is 0.315 e. The molecule has 3 amide bonds. The summed E-state index contributed by atoms with van der Waals surface area (Å²) in [5.74, 6) is -0.464. The summed E-state index contributed by atoms with van der Waals surface area (Å²) in [7, 11) is 0. The number of anilines is 1. The van der Waals surface area contributed by atoms with Crippen molar-refractivity contribution >= 4 is 17.8 Å². The lowest BCUT2D eigenvalue weighted by Crippen LogP contribution is -2.31. The Morgan fingerprint density at radius 2 is 2.00 bits per heavy atom. The number of hydrogen-bond acceptors (Lipinski definition) is 3. The molecule has 0 aliphatic carbocycles. The van der Waals surface area contributed by atoms with Crippen molar-refractivity contribution in [2.24, 2.45) is 5.73 Å². The molecule has 2 heterocycles. The SMILES string of the molecule is NC(=O)N1Cc2[nH]nc(NC(=O)c3ccc(F)cc3)c2C1. The van der Waals surface area contributed by atoms with E-state index in [0.717, 1.165) is 11.3 Å². The number of primary amides is 1. The van der Waals surface area contributed by atoms with Gasteiger partial charge in [0.05, 0.1) is 18.8 Å². The Hall–Kier alpha value is -2.90. The van der Waals surface area contributed by atoms with Gasteiger partial charge in [0.25, 0.3) is 5.91 Å². The van der Waals surface area contributed by atoms with E-state index in [2.05, 4.69) is 15.5 Å². The Labute approximate surface area is 118 Å². The van der Waals surface area contributed by atoms with Crippen molar-refractivity contribution in [3.63, 3.8) is 0 Å². The minimum atomic E-state index is -0.532. The van der Waals surface area contributed by atoms with E-state index in [1.165, 1.54) is 29.2 Å². The van der Waals surface area contributed by atoms with Gasteiger partial charge in [0.2, 0.25) is 0 Å². The van der Waals surface area contributed by atoms with Gasteiger partial charge in [-0.3, -0.25) is 9.89 Å². The largest absolute Gasteiger partial charge is 0.351 e. The Balaban J connectivity index is 1.77. The maximum absolute atomic E-state index is 12.8. The lowest BCUT2D eigenvalue weighted by Gasteiger charge is -2.11. The van der Waals surface area contributed by atoms with Crippen molar-refractivity contribution in [1.82, 2.24) is 15.1 Å². The fourth-order valence-electron chi connectivity index (χ4n) is 2.18. The van der Waals surface area contributed by atoms with E-state index in [1.807, 2.05) is 0 Å². The van der Waals surface area contributed by atoms with Gasteiger partial charge in [-0.15, -0.1) is 0 Å². The number of carbonyl (C=O) groups is 2. The molecule has 0 atom stereocenters. The van der Waals surface area contributed by atoms with Gasteiger partial charge in [0.1, 0.15) is 5.82 Å². The molecule has 1 aliphatic rings. The van der Waals surface area contributed by atoms with Crippen LogP contribution in [0.5, 0.6) is 0 Å². The van der Waals surface area contributed by atoms with Crippen LogP contribution in [-0.2, 0) is 13.1 Å². The first-order valence-electron chi connectivity index (χ1n) is 6.22. The third-order valence-corrected chi connectivity index (χ3v) is 3.30. The van der Waals surface area contributed by atoms with Gasteiger partial charge in [0, 0.05) is 11.1 Å². The maximum atomic E-state index is 12.8. The highest BCUT2D eigenvalue weighted by Crippen LogP contribution is 2.27. The van der Waals surface area contributed by atoms with Crippen LogP contribution in [0.4, 0.5) is 15.0 Å². The van der Waals surface area contributed by atoms with Crippen LogP contribution in [0, 0.1) is 5.82 Å². The van der Waals surface area contributed by atoms with Crippen molar-refractivity contribution in [1.29, 1.82) is 0 Å². The first-order chi connectivity index (χ1) is 10.0. The number of rotatable bonds is 2. The van der Waals surface area contributed by atoms with E-state index < -0.39 is 17.8 Å². The Bertz CT molecular complexity index is 710. The van der Waals surface area contributed by atoms with Crippen LogP contribution in [-0.4, -0.2) is 27.0 Å². The Morgan fingerprint density at radius 3 is 2.67 bits per heavy atom. The number of benzene rings is 1. The van der Waals surface area contributed by atoms with Gasteiger partial charge in [-0.05, 0) is 24.3 Å². The van der Waals surface area contributed by atoms with E-state index in [-0.39, 0.29) is 0 Å². The number of carbonyl (C=O) groups excluding carboxylic acids is 2. The number of nitrogens with one attached hydrogen (secondary N) is 2. The molecule has 3 rings (SSSR count). The third kappa shape index (κ3) is 2.42. The van der Waals surface area contributed by atoms with Crippen molar-refractivity contribution in [3.8, 4) is 0 Å². The summed E-state index contributed by atoms with van der Waals surface area (Å²) in [6.45, 7) is 0.629. The lowest BCUT2D eigenvalue weighted by atomic mass is 10.2. The maximum Gasteiger partial charge on any atom is 0.315 e. The molecule has 1 aliphatic heterocycles. The zero-order chi connectivity index (χ0) is 15.0. The summed E-state index contributed by atoms with van der Waals surface area (Å²) in [5.41, 5.74) is 7.01. The molecule has 0 fully saturated rings. The summed E-state index contributed by atoms with van der Waals surface area (Å²) < 4.78 is 12.8. The highest BCUT2D eigenvalue weighted by Gasteiger charge is 2.27. The third-order valence-electron chi connectivity index (χ3n) is 3.30. The number of hydrogen-bond donors (Lipinski definition) is 3. The van der Waals surface area contributed by atoms with Crippen molar-refractivity contribution in [2.75, 3.05) is 5.32 Å². The number of amides is 3. The normalized spacial score (nSPS) is 13.1. The van der Waals surface area contributed by atoms with Crippen LogP contribution in [0.3, 0.4) is 0 Å². The molecule has 0 spiro atoms. The molecule has 7 nitrogen and oxygen atoms in total. The van der Waals surface area contributed by atoms with Gasteiger partial charge >= 0.3 is 6.03 Å². The molecule has 8 heteroatoms. The number of H-pyrrole nitrogens is 1. The molecule has 0 saturated heterocycles. The molecule has 0 bridgehead atoms. The van der Waals surface area contributed by atoms with Crippen LogP contribution in [0.25, 0.3) is 0 Å². The second-order valence-corrected chi connectivity index (χ2v) is 4.68. The molecule has 0 saturated carbocycles. The number of halogens is 1.